The molecule has 1 aliphatic heterocycles. The van der Waals surface area contributed by atoms with Crippen molar-refractivity contribution in [3.05, 3.63) is 86.5 Å². The van der Waals surface area contributed by atoms with E-state index in [1.165, 1.54) is 26.4 Å². The van der Waals surface area contributed by atoms with E-state index in [2.05, 4.69) is 15.9 Å². The normalized spacial score (nSPS) is 24.1. The molecule has 4 unspecified atom stereocenters. The molecule has 0 saturated carbocycles. The lowest BCUT2D eigenvalue weighted by atomic mass is 9.61. The molecule has 4 atom stereocenters. The first-order chi connectivity index (χ1) is 23.0. The molecule has 49 heavy (non-hydrogen) atoms. The van der Waals surface area contributed by atoms with E-state index in [1.54, 1.807) is 18.2 Å². The number of phenols is 1. The lowest BCUT2D eigenvalue weighted by molar-refractivity contribution is -0.143. The van der Waals surface area contributed by atoms with Crippen molar-refractivity contribution in [2.24, 2.45) is 23.7 Å². The van der Waals surface area contributed by atoms with Crippen LogP contribution in [0.4, 0.5) is 32.0 Å². The molecule has 6 rings (SSSR count). The van der Waals surface area contributed by atoms with Gasteiger partial charge in [0.2, 0.25) is 17.6 Å². The van der Waals surface area contributed by atoms with E-state index in [0.29, 0.717) is 28.2 Å². The fourth-order valence-corrected chi connectivity index (χ4v) is 7.47. The summed E-state index contributed by atoms with van der Waals surface area (Å²) in [4.78, 5) is 54.8. The van der Waals surface area contributed by atoms with Crippen LogP contribution in [0.25, 0.3) is 6.08 Å². The van der Waals surface area contributed by atoms with E-state index >= 15 is 0 Å². The summed E-state index contributed by atoms with van der Waals surface area (Å²) in [6.07, 6.45) is -4.77. The molecule has 1 saturated heterocycles. The lowest BCUT2D eigenvalue weighted by Gasteiger charge is -2.41. The summed E-state index contributed by atoms with van der Waals surface area (Å²) in [5.41, 5.74) is -3.10. The van der Waals surface area contributed by atoms with Crippen molar-refractivity contribution in [3.63, 3.8) is 0 Å². The predicted octanol–water partition coefficient (Wildman–Crippen LogP) is 6.96. The van der Waals surface area contributed by atoms with Crippen molar-refractivity contribution >= 4 is 51.1 Å². The molecule has 3 aliphatic carbocycles. The molecule has 256 valence electrons. The Balaban J connectivity index is 1.44. The molecule has 0 spiro atoms. The molecule has 4 aliphatic rings. The van der Waals surface area contributed by atoms with Crippen molar-refractivity contribution < 1.29 is 60.1 Å². The van der Waals surface area contributed by atoms with Crippen LogP contribution in [-0.4, -0.2) is 42.7 Å². The largest absolute Gasteiger partial charge is 0.502 e. The maximum absolute atomic E-state index is 14.0. The van der Waals surface area contributed by atoms with E-state index in [9.17, 15) is 50.6 Å². The first kappa shape index (κ1) is 34.2. The maximum Gasteiger partial charge on any atom is 0.416 e. The van der Waals surface area contributed by atoms with Gasteiger partial charge in [0.05, 0.1) is 47.4 Å². The number of hydrogen-bond donors (Lipinski definition) is 1. The third-order valence-electron chi connectivity index (χ3n) is 9.19. The van der Waals surface area contributed by atoms with Crippen LogP contribution in [0.2, 0.25) is 0 Å². The first-order valence-electron chi connectivity index (χ1n) is 14.7. The number of nitrogens with zero attached hydrogens (tertiary/aromatic N) is 1. The Labute approximate surface area is 282 Å². The SMILES string of the molecule is COc1cc(C=CC2C3=CCC4C(=O)N(c5cc(C(F)(F)F)cc(C(F)(F)F)c5)C(=O)C4C3CC3=C2C(=O)C=C(Br)C3=O)cc(OC)c1O. The number of carbonyl (C=O) groups is 4. The number of ketones is 2. The summed E-state index contributed by atoms with van der Waals surface area (Å²) in [5, 5.41) is 10.3. The summed E-state index contributed by atoms with van der Waals surface area (Å²) in [6, 6.07) is 3.54. The first-order valence-corrected chi connectivity index (χ1v) is 15.4. The Morgan fingerprint density at radius 3 is 2.02 bits per heavy atom. The fourth-order valence-electron chi connectivity index (χ4n) is 7.02. The fraction of sp³-hybridized carbons (Fsp3) is 0.294. The number of ether oxygens (including phenoxy) is 2. The second-order valence-electron chi connectivity index (χ2n) is 11.8. The van der Waals surface area contributed by atoms with Crippen LogP contribution in [0.5, 0.6) is 17.2 Å². The highest BCUT2D eigenvalue weighted by atomic mass is 79.9. The second-order valence-corrected chi connectivity index (χ2v) is 12.7. The number of alkyl halides is 6. The van der Waals surface area contributed by atoms with E-state index < -0.39 is 76.2 Å². The number of phenolic OH excluding ortho intramolecular Hbond substituents is 1. The van der Waals surface area contributed by atoms with Gasteiger partial charge in [0.1, 0.15) is 0 Å². The molecular weight excluding hydrogens is 728 g/mol. The topological polar surface area (TPSA) is 110 Å². The van der Waals surface area contributed by atoms with E-state index in [0.717, 1.165) is 6.08 Å². The van der Waals surface area contributed by atoms with Gasteiger partial charge in [-0.1, -0.05) is 23.8 Å². The Hall–Kier alpha value is -4.66. The van der Waals surface area contributed by atoms with Gasteiger partial charge in [-0.25, -0.2) is 4.90 Å². The number of aromatic hydroxyl groups is 1. The van der Waals surface area contributed by atoms with Crippen LogP contribution in [0.1, 0.15) is 29.5 Å². The number of anilines is 1. The van der Waals surface area contributed by atoms with Crippen LogP contribution in [0.3, 0.4) is 0 Å². The number of fused-ring (bicyclic) bond motifs is 3. The van der Waals surface area contributed by atoms with Crippen molar-refractivity contribution in [3.8, 4) is 17.2 Å². The van der Waals surface area contributed by atoms with Gasteiger partial charge in [-0.3, -0.25) is 19.2 Å². The average Bonchev–Trinajstić information content (AvgIpc) is 3.30. The quantitative estimate of drug-likeness (QED) is 0.152. The van der Waals surface area contributed by atoms with Gasteiger partial charge >= 0.3 is 12.4 Å². The molecule has 0 radical (unpaired) electrons. The number of carbonyl (C=O) groups excluding carboxylic acids is 4. The van der Waals surface area contributed by atoms with Crippen molar-refractivity contribution in [1.82, 2.24) is 0 Å². The third-order valence-corrected chi connectivity index (χ3v) is 9.78. The highest BCUT2D eigenvalue weighted by Gasteiger charge is 2.56. The van der Waals surface area contributed by atoms with Crippen LogP contribution >= 0.6 is 15.9 Å². The molecule has 15 heteroatoms. The molecule has 0 bridgehead atoms. The molecule has 2 aromatic carbocycles. The minimum Gasteiger partial charge on any atom is -0.502 e. The standard InChI is InChI=1S/C34H24BrF6NO7/c1-48-25-7-14(8-26(49-2)30(25)45)3-4-19-18-5-6-20-28(21(18)12-22-27(19)24(43)13-23(35)29(22)44)32(47)42(31(20)46)17-10-15(33(36,37)38)9-16(11-17)34(39,40)41/h3-5,7-11,13,19-21,28,45H,6,12H2,1-2H3. The minimum absolute atomic E-state index is 0.0362. The summed E-state index contributed by atoms with van der Waals surface area (Å²) in [5.74, 6) is -7.31. The maximum atomic E-state index is 14.0. The Morgan fingerprint density at radius 1 is 0.878 bits per heavy atom. The zero-order valence-electron chi connectivity index (χ0n) is 25.4. The van der Waals surface area contributed by atoms with E-state index in [1.807, 2.05) is 0 Å². The summed E-state index contributed by atoms with van der Waals surface area (Å²) in [6.45, 7) is 0. The van der Waals surface area contributed by atoms with E-state index in [-0.39, 0.29) is 51.8 Å². The summed E-state index contributed by atoms with van der Waals surface area (Å²) >= 11 is 3.10. The highest BCUT2D eigenvalue weighted by molar-refractivity contribution is 9.12. The molecule has 8 nitrogen and oxygen atoms in total. The van der Waals surface area contributed by atoms with Gasteiger partial charge in [-0.15, -0.1) is 0 Å². The highest BCUT2D eigenvalue weighted by Crippen LogP contribution is 2.54. The van der Waals surface area contributed by atoms with Gasteiger partial charge in [-0.2, -0.15) is 26.3 Å². The molecule has 2 aromatic rings. The Bertz CT molecular complexity index is 1900. The molecule has 2 amide bonds. The smallest absolute Gasteiger partial charge is 0.416 e. The van der Waals surface area contributed by atoms with Crippen LogP contribution in [0.15, 0.2) is 69.8 Å². The number of benzene rings is 2. The van der Waals surface area contributed by atoms with Gasteiger partial charge in [-0.05, 0) is 70.6 Å². The summed E-state index contributed by atoms with van der Waals surface area (Å²) < 4.78 is 92.4. The number of halogens is 7. The monoisotopic (exact) mass is 751 g/mol. The molecule has 1 N–H and O–H groups in total. The Kier molecular flexibility index (Phi) is 8.40. The lowest BCUT2D eigenvalue weighted by Crippen LogP contribution is -2.40. The van der Waals surface area contributed by atoms with Gasteiger partial charge in [0.25, 0.3) is 0 Å². The molecule has 1 heterocycles. The van der Waals surface area contributed by atoms with Crippen molar-refractivity contribution in [2.45, 2.75) is 25.2 Å². The number of allylic oxidation sites excluding steroid dienone is 7. The van der Waals surface area contributed by atoms with Crippen LogP contribution in [0, 0.1) is 23.7 Å². The van der Waals surface area contributed by atoms with Crippen molar-refractivity contribution in [1.29, 1.82) is 0 Å². The number of Topliss-reactive ketones (excluding diaryl/α,β-unsaturated/α-hetero) is 1. The second kappa shape index (κ2) is 12.0. The van der Waals surface area contributed by atoms with Crippen LogP contribution in [-0.2, 0) is 31.5 Å². The minimum atomic E-state index is -5.21. The molecule has 0 aromatic heterocycles. The molecular formula is C34H24BrF6NO7. The van der Waals surface area contributed by atoms with Crippen molar-refractivity contribution in [2.75, 3.05) is 19.1 Å². The van der Waals surface area contributed by atoms with E-state index in [4.69, 9.17) is 9.47 Å². The average molecular weight is 752 g/mol. The van der Waals surface area contributed by atoms with Gasteiger partial charge < -0.3 is 14.6 Å². The zero-order chi connectivity index (χ0) is 35.7. The third kappa shape index (κ3) is 5.77. The summed E-state index contributed by atoms with van der Waals surface area (Å²) in [7, 11) is 2.66. The zero-order valence-corrected chi connectivity index (χ0v) is 27.0. The molecule has 1 fully saturated rings. The number of methoxy groups -OCH3 is 2. The number of imide groups is 1. The Morgan fingerprint density at radius 2 is 1.47 bits per heavy atom. The number of rotatable bonds is 5. The van der Waals surface area contributed by atoms with Gasteiger partial charge in [0, 0.05) is 23.1 Å². The van der Waals surface area contributed by atoms with Gasteiger partial charge in [0.15, 0.2) is 23.1 Å². The van der Waals surface area contributed by atoms with Crippen LogP contribution < -0.4 is 14.4 Å². The predicted molar refractivity (Wildman–Crippen MR) is 165 cm³/mol. The number of hydrogen-bond acceptors (Lipinski definition) is 7. The number of amides is 2.